The second-order valence-electron chi connectivity index (χ2n) is 6.56. The van der Waals surface area contributed by atoms with Gasteiger partial charge in [-0.1, -0.05) is 47.6 Å². The number of benzene rings is 2. The van der Waals surface area contributed by atoms with Gasteiger partial charge in [0.1, 0.15) is 7.11 Å². The summed E-state index contributed by atoms with van der Waals surface area (Å²) in [6.45, 7) is 0.153. The van der Waals surface area contributed by atoms with Crippen molar-refractivity contribution >= 4 is 21.7 Å². The van der Waals surface area contributed by atoms with Gasteiger partial charge in [0.05, 0.1) is 31.2 Å². The molecule has 0 spiro atoms. The maximum Gasteiger partial charge on any atom is 0.264 e. The van der Waals surface area contributed by atoms with Crippen molar-refractivity contribution in [2.45, 2.75) is 12.5 Å². The van der Waals surface area contributed by atoms with Gasteiger partial charge in [-0.2, -0.15) is 8.42 Å². The number of amides is 1. The molecular formula is C20H22N2O5S. The van der Waals surface area contributed by atoms with E-state index < -0.39 is 16.2 Å². The van der Waals surface area contributed by atoms with E-state index in [1.54, 1.807) is 17.0 Å². The first-order valence-corrected chi connectivity index (χ1v) is 10.6. The van der Waals surface area contributed by atoms with Crippen LogP contribution in [0.5, 0.6) is 0 Å². The van der Waals surface area contributed by atoms with Gasteiger partial charge in [-0.05, 0) is 23.3 Å². The molecule has 1 aliphatic heterocycles. The van der Waals surface area contributed by atoms with Gasteiger partial charge in [0.25, 0.3) is 16.0 Å². The zero-order chi connectivity index (χ0) is 20.1. The van der Waals surface area contributed by atoms with E-state index in [0.29, 0.717) is 17.7 Å². The molecule has 8 heteroatoms. The Morgan fingerprint density at radius 2 is 1.75 bits per heavy atom. The van der Waals surface area contributed by atoms with Crippen LogP contribution in [-0.4, -0.2) is 57.5 Å². The highest BCUT2D eigenvalue weighted by molar-refractivity contribution is 7.85. The Morgan fingerprint density at radius 1 is 1.11 bits per heavy atom. The van der Waals surface area contributed by atoms with E-state index in [1.165, 1.54) is 7.11 Å². The monoisotopic (exact) mass is 402 g/mol. The second-order valence-corrected chi connectivity index (χ2v) is 8.21. The number of carbonyl (C=O) groups is 1. The molecule has 1 aliphatic rings. The maximum absolute atomic E-state index is 13.0. The summed E-state index contributed by atoms with van der Waals surface area (Å²) < 4.78 is 27.6. The Balaban J connectivity index is 1.79. The summed E-state index contributed by atoms with van der Waals surface area (Å²) in [7, 11) is -2.17. The van der Waals surface area contributed by atoms with Crippen LogP contribution in [0.25, 0.3) is 11.1 Å². The number of oxime groups is 1. The summed E-state index contributed by atoms with van der Waals surface area (Å²) in [5, 5.41) is 3.92. The van der Waals surface area contributed by atoms with E-state index in [1.807, 2.05) is 42.5 Å². The molecule has 3 rings (SSSR count). The molecule has 0 bridgehead atoms. The predicted molar refractivity (Wildman–Crippen MR) is 107 cm³/mol. The van der Waals surface area contributed by atoms with E-state index >= 15 is 0 Å². The predicted octanol–water partition coefficient (Wildman–Crippen LogP) is 2.55. The summed E-state index contributed by atoms with van der Waals surface area (Å²) in [4.78, 5) is 19.4. The zero-order valence-electron chi connectivity index (χ0n) is 15.7. The topological polar surface area (TPSA) is 85.3 Å². The van der Waals surface area contributed by atoms with Crippen LogP contribution in [0.4, 0.5) is 0 Å². The Kier molecular flexibility index (Phi) is 6.11. The molecule has 1 amide bonds. The third-order valence-corrected chi connectivity index (χ3v) is 5.02. The minimum atomic E-state index is -3.60. The molecule has 2 aromatic carbocycles. The first kappa shape index (κ1) is 20.0. The number of nitrogens with zero attached hydrogens (tertiary/aromatic N) is 2. The normalized spacial score (nSPS) is 18.4. The van der Waals surface area contributed by atoms with Gasteiger partial charge in [0.2, 0.25) is 0 Å². The van der Waals surface area contributed by atoms with Crippen molar-refractivity contribution in [2.24, 2.45) is 5.16 Å². The number of likely N-dealkylation sites (tertiary alicyclic amines) is 1. The quantitative estimate of drug-likeness (QED) is 0.548. The maximum atomic E-state index is 13.0. The lowest BCUT2D eigenvalue weighted by Gasteiger charge is -2.23. The van der Waals surface area contributed by atoms with Crippen molar-refractivity contribution < 1.29 is 22.2 Å². The van der Waals surface area contributed by atoms with E-state index in [2.05, 4.69) is 5.16 Å². The molecule has 0 N–H and O–H groups in total. The lowest BCUT2D eigenvalue weighted by atomic mass is 10.0. The second kappa shape index (κ2) is 8.53. The summed E-state index contributed by atoms with van der Waals surface area (Å²) in [6.07, 6.45) is 1.39. The van der Waals surface area contributed by atoms with Crippen LogP contribution in [0.1, 0.15) is 16.8 Å². The number of hydrogen-bond donors (Lipinski definition) is 0. The van der Waals surface area contributed by atoms with Gasteiger partial charge < -0.3 is 9.74 Å². The molecular weight excluding hydrogens is 380 g/mol. The third-order valence-electron chi connectivity index (χ3n) is 4.46. The largest absolute Gasteiger partial charge is 0.399 e. The van der Waals surface area contributed by atoms with Gasteiger partial charge in [-0.3, -0.25) is 8.98 Å². The van der Waals surface area contributed by atoms with Gasteiger partial charge >= 0.3 is 0 Å². The summed E-state index contributed by atoms with van der Waals surface area (Å²) in [5.41, 5.74) is 3.26. The van der Waals surface area contributed by atoms with Crippen LogP contribution >= 0.6 is 0 Å². The zero-order valence-corrected chi connectivity index (χ0v) is 16.6. The molecule has 0 unspecified atom stereocenters. The number of carbonyl (C=O) groups excluding carboxylic acids is 1. The lowest BCUT2D eigenvalue weighted by Crippen LogP contribution is -2.38. The average Bonchev–Trinajstić information content (AvgIpc) is 3.09. The minimum Gasteiger partial charge on any atom is -0.399 e. The molecule has 0 saturated carbocycles. The van der Waals surface area contributed by atoms with Gasteiger partial charge in [0.15, 0.2) is 0 Å². The molecule has 1 atom stereocenters. The van der Waals surface area contributed by atoms with Crippen LogP contribution in [0.2, 0.25) is 0 Å². The molecule has 1 heterocycles. The molecule has 1 fully saturated rings. The molecule has 0 aromatic heterocycles. The highest BCUT2D eigenvalue weighted by Crippen LogP contribution is 2.23. The molecule has 2 aromatic rings. The van der Waals surface area contributed by atoms with Crippen molar-refractivity contribution in [3.8, 4) is 11.1 Å². The summed E-state index contributed by atoms with van der Waals surface area (Å²) >= 11 is 0. The Morgan fingerprint density at radius 3 is 2.36 bits per heavy atom. The van der Waals surface area contributed by atoms with E-state index in [4.69, 9.17) is 9.02 Å². The van der Waals surface area contributed by atoms with Crippen molar-refractivity contribution in [3.63, 3.8) is 0 Å². The number of hydrogen-bond acceptors (Lipinski definition) is 6. The van der Waals surface area contributed by atoms with E-state index in [0.717, 1.165) is 17.4 Å². The smallest absolute Gasteiger partial charge is 0.264 e. The highest BCUT2D eigenvalue weighted by Gasteiger charge is 2.34. The fourth-order valence-electron chi connectivity index (χ4n) is 3.16. The van der Waals surface area contributed by atoms with Crippen molar-refractivity contribution in [2.75, 3.05) is 26.5 Å². The number of rotatable bonds is 6. The molecule has 0 radical (unpaired) electrons. The fourth-order valence-corrected chi connectivity index (χ4v) is 3.56. The highest BCUT2D eigenvalue weighted by atomic mass is 32.2. The molecule has 0 aliphatic carbocycles. The van der Waals surface area contributed by atoms with Gasteiger partial charge in [-0.15, -0.1) is 0 Å². The van der Waals surface area contributed by atoms with Crippen LogP contribution in [0.3, 0.4) is 0 Å². The van der Waals surface area contributed by atoms with Crippen molar-refractivity contribution in [1.29, 1.82) is 0 Å². The van der Waals surface area contributed by atoms with E-state index in [-0.39, 0.29) is 19.1 Å². The van der Waals surface area contributed by atoms with Gasteiger partial charge in [0, 0.05) is 12.0 Å². The fraction of sp³-hybridized carbons (Fsp3) is 0.300. The Labute approximate surface area is 164 Å². The van der Waals surface area contributed by atoms with Crippen molar-refractivity contribution in [1.82, 2.24) is 4.90 Å². The molecule has 1 saturated heterocycles. The van der Waals surface area contributed by atoms with Crippen LogP contribution in [-0.2, 0) is 19.1 Å². The Bertz CT molecular complexity index is 956. The first-order valence-electron chi connectivity index (χ1n) is 8.77. The first-order chi connectivity index (χ1) is 13.4. The van der Waals surface area contributed by atoms with E-state index in [9.17, 15) is 13.2 Å². The summed E-state index contributed by atoms with van der Waals surface area (Å²) in [5.74, 6) is -0.206. The SMILES string of the molecule is CO/N=C1/C[C@@H](COS(C)(=O)=O)N(C(=O)c2ccc(-c3ccccc3)cc2)C1. The summed E-state index contributed by atoms with van der Waals surface area (Å²) in [6, 6.07) is 16.8. The third kappa shape index (κ3) is 4.96. The van der Waals surface area contributed by atoms with Gasteiger partial charge in [-0.25, -0.2) is 0 Å². The lowest BCUT2D eigenvalue weighted by molar-refractivity contribution is 0.0697. The minimum absolute atomic E-state index is 0.116. The van der Waals surface area contributed by atoms with Crippen molar-refractivity contribution in [3.05, 3.63) is 60.2 Å². The molecule has 28 heavy (non-hydrogen) atoms. The van der Waals surface area contributed by atoms with Crippen LogP contribution in [0, 0.1) is 0 Å². The average molecular weight is 402 g/mol. The van der Waals surface area contributed by atoms with Crippen LogP contribution < -0.4 is 0 Å². The van der Waals surface area contributed by atoms with Crippen LogP contribution in [0.15, 0.2) is 59.8 Å². The standard InChI is InChI=1S/C20H22N2O5S/c1-26-21-18-12-19(14-27-28(2,24)25)22(13-18)20(23)17-10-8-16(9-11-17)15-6-4-3-5-7-15/h3-11,19H,12-14H2,1-2H3/b21-18-/t19-/m0/s1. The molecule has 7 nitrogen and oxygen atoms in total. The Hall–Kier alpha value is -2.71. The molecule has 148 valence electrons.